The third-order valence-corrected chi connectivity index (χ3v) is 5.03. The second-order valence-electron chi connectivity index (χ2n) is 6.09. The number of hydrogen-bond donors (Lipinski definition) is 0. The molecular formula is C21H19F2NO4S. The second kappa shape index (κ2) is 9.56. The zero-order valence-electron chi connectivity index (χ0n) is 15.6. The number of halogens is 2. The van der Waals surface area contributed by atoms with Crippen LogP contribution in [0.25, 0.3) is 6.08 Å². The van der Waals surface area contributed by atoms with Crippen molar-refractivity contribution in [3.63, 3.8) is 0 Å². The van der Waals surface area contributed by atoms with Crippen molar-refractivity contribution < 1.29 is 27.8 Å². The van der Waals surface area contributed by atoms with Crippen molar-refractivity contribution in [1.29, 1.82) is 0 Å². The lowest BCUT2D eigenvalue weighted by atomic mass is 10.1. The minimum absolute atomic E-state index is 0.0880. The molecule has 0 spiro atoms. The molecule has 0 atom stereocenters. The molecule has 1 heterocycles. The summed E-state index contributed by atoms with van der Waals surface area (Å²) in [6, 6.07) is 14.0. The molecule has 1 aliphatic heterocycles. The van der Waals surface area contributed by atoms with Crippen molar-refractivity contribution in [2.75, 3.05) is 13.2 Å². The summed E-state index contributed by atoms with van der Waals surface area (Å²) >= 11 is 0.852. The van der Waals surface area contributed by atoms with Gasteiger partial charge in [-0.25, -0.2) is 0 Å². The Morgan fingerprint density at radius 2 is 1.86 bits per heavy atom. The Balaban J connectivity index is 1.75. The SMILES string of the molecule is CCOc1cc(/C=C2\SC(=O)N(CCc3ccccc3)C2=O)ccc1OC(F)F. The summed E-state index contributed by atoms with van der Waals surface area (Å²) in [5, 5.41) is -0.333. The van der Waals surface area contributed by atoms with Crippen LogP contribution in [0.4, 0.5) is 13.6 Å². The minimum Gasteiger partial charge on any atom is -0.490 e. The Hall–Kier alpha value is -2.87. The summed E-state index contributed by atoms with van der Waals surface area (Å²) in [5.41, 5.74) is 1.58. The zero-order chi connectivity index (χ0) is 20.8. The number of ether oxygens (including phenoxy) is 2. The number of nitrogens with zero attached hydrogens (tertiary/aromatic N) is 1. The smallest absolute Gasteiger partial charge is 0.387 e. The van der Waals surface area contributed by atoms with E-state index < -0.39 is 6.61 Å². The summed E-state index contributed by atoms with van der Waals surface area (Å²) in [5.74, 6) is -0.318. The molecule has 0 aromatic heterocycles. The molecule has 1 fully saturated rings. The quantitative estimate of drug-likeness (QED) is 0.566. The van der Waals surface area contributed by atoms with Gasteiger partial charge in [-0.3, -0.25) is 14.5 Å². The average Bonchev–Trinajstić information content (AvgIpc) is 2.96. The van der Waals surface area contributed by atoms with Crippen LogP contribution in [0.1, 0.15) is 18.1 Å². The van der Waals surface area contributed by atoms with Crippen LogP contribution < -0.4 is 9.47 Å². The monoisotopic (exact) mass is 419 g/mol. The molecule has 2 aromatic rings. The molecule has 2 aromatic carbocycles. The van der Waals surface area contributed by atoms with E-state index in [9.17, 15) is 18.4 Å². The van der Waals surface area contributed by atoms with Gasteiger partial charge in [-0.15, -0.1) is 0 Å². The molecule has 0 bridgehead atoms. The number of thioether (sulfide) groups is 1. The first-order valence-electron chi connectivity index (χ1n) is 8.99. The lowest BCUT2D eigenvalue weighted by molar-refractivity contribution is -0.122. The van der Waals surface area contributed by atoms with Gasteiger partial charge in [-0.2, -0.15) is 8.78 Å². The highest BCUT2D eigenvalue weighted by Gasteiger charge is 2.34. The van der Waals surface area contributed by atoms with Crippen molar-refractivity contribution in [2.45, 2.75) is 20.0 Å². The molecule has 8 heteroatoms. The van der Waals surface area contributed by atoms with Crippen LogP contribution in [0.15, 0.2) is 53.4 Å². The Morgan fingerprint density at radius 3 is 2.55 bits per heavy atom. The van der Waals surface area contributed by atoms with Gasteiger partial charge in [0.25, 0.3) is 11.1 Å². The first kappa shape index (κ1) is 20.9. The standard InChI is InChI=1S/C21H19F2NO4S/c1-2-27-17-12-15(8-9-16(17)28-20(22)23)13-18-19(25)24(21(26)29-18)11-10-14-6-4-3-5-7-14/h3-9,12-13,20H,2,10-11H2,1H3/b18-13-. The van der Waals surface area contributed by atoms with E-state index in [0.717, 1.165) is 17.3 Å². The van der Waals surface area contributed by atoms with Gasteiger partial charge in [-0.1, -0.05) is 36.4 Å². The van der Waals surface area contributed by atoms with Gasteiger partial charge in [-0.05, 0) is 54.4 Å². The van der Waals surface area contributed by atoms with E-state index in [1.165, 1.54) is 23.1 Å². The summed E-state index contributed by atoms with van der Waals surface area (Å²) < 4.78 is 34.8. The van der Waals surface area contributed by atoms with E-state index in [2.05, 4.69) is 4.74 Å². The summed E-state index contributed by atoms with van der Waals surface area (Å²) in [4.78, 5) is 26.4. The van der Waals surface area contributed by atoms with E-state index in [4.69, 9.17) is 4.74 Å². The molecule has 0 unspecified atom stereocenters. The molecule has 1 saturated heterocycles. The lowest BCUT2D eigenvalue weighted by Crippen LogP contribution is -2.30. The highest BCUT2D eigenvalue weighted by atomic mass is 32.2. The van der Waals surface area contributed by atoms with E-state index in [-0.39, 0.29) is 40.7 Å². The second-order valence-corrected chi connectivity index (χ2v) is 7.08. The number of carbonyl (C=O) groups excluding carboxylic acids is 2. The van der Waals surface area contributed by atoms with Crippen molar-refractivity contribution in [3.8, 4) is 11.5 Å². The van der Waals surface area contributed by atoms with Crippen molar-refractivity contribution in [3.05, 3.63) is 64.6 Å². The number of alkyl halides is 2. The van der Waals surface area contributed by atoms with E-state index in [1.54, 1.807) is 13.0 Å². The van der Waals surface area contributed by atoms with Gasteiger partial charge in [0.15, 0.2) is 11.5 Å². The van der Waals surface area contributed by atoms with Crippen LogP contribution in [0.3, 0.4) is 0 Å². The fraction of sp³-hybridized carbons (Fsp3) is 0.238. The molecule has 0 radical (unpaired) electrons. The highest BCUT2D eigenvalue weighted by molar-refractivity contribution is 8.18. The normalized spacial score (nSPS) is 15.4. The maximum absolute atomic E-state index is 12.6. The van der Waals surface area contributed by atoms with Gasteiger partial charge < -0.3 is 9.47 Å². The van der Waals surface area contributed by atoms with Crippen LogP contribution in [0.2, 0.25) is 0 Å². The van der Waals surface area contributed by atoms with Gasteiger partial charge in [0, 0.05) is 6.54 Å². The summed E-state index contributed by atoms with van der Waals surface area (Å²) in [7, 11) is 0. The summed E-state index contributed by atoms with van der Waals surface area (Å²) in [6.07, 6.45) is 2.11. The van der Waals surface area contributed by atoms with Crippen LogP contribution in [-0.4, -0.2) is 35.8 Å². The number of amides is 2. The molecule has 2 amide bonds. The molecule has 5 nitrogen and oxygen atoms in total. The predicted molar refractivity (Wildman–Crippen MR) is 107 cm³/mol. The fourth-order valence-electron chi connectivity index (χ4n) is 2.81. The molecule has 0 aliphatic carbocycles. The first-order chi connectivity index (χ1) is 14.0. The molecule has 152 valence electrons. The lowest BCUT2D eigenvalue weighted by Gasteiger charge is -2.12. The first-order valence-corrected chi connectivity index (χ1v) is 9.80. The van der Waals surface area contributed by atoms with Gasteiger partial charge >= 0.3 is 6.61 Å². The zero-order valence-corrected chi connectivity index (χ0v) is 16.5. The predicted octanol–water partition coefficient (Wildman–Crippen LogP) is 4.97. The van der Waals surface area contributed by atoms with Gasteiger partial charge in [0.1, 0.15) is 0 Å². The van der Waals surface area contributed by atoms with E-state index in [0.29, 0.717) is 12.0 Å². The van der Waals surface area contributed by atoms with Gasteiger partial charge in [0.2, 0.25) is 0 Å². The molecule has 0 N–H and O–H groups in total. The largest absolute Gasteiger partial charge is 0.490 e. The molecule has 3 rings (SSSR count). The molecule has 1 aliphatic rings. The number of imide groups is 1. The van der Waals surface area contributed by atoms with Crippen molar-refractivity contribution >= 4 is 29.0 Å². The van der Waals surface area contributed by atoms with Crippen LogP contribution in [0.5, 0.6) is 11.5 Å². The Bertz CT molecular complexity index is 918. The third kappa shape index (κ3) is 5.35. The van der Waals surface area contributed by atoms with E-state index >= 15 is 0 Å². The molecular weight excluding hydrogens is 400 g/mol. The molecule has 29 heavy (non-hydrogen) atoms. The Kier molecular flexibility index (Phi) is 6.87. The van der Waals surface area contributed by atoms with Crippen LogP contribution >= 0.6 is 11.8 Å². The minimum atomic E-state index is -2.97. The van der Waals surface area contributed by atoms with Crippen LogP contribution in [-0.2, 0) is 11.2 Å². The Labute approximate surface area is 171 Å². The van der Waals surface area contributed by atoms with Crippen LogP contribution in [0, 0.1) is 0 Å². The molecule has 0 saturated carbocycles. The topological polar surface area (TPSA) is 55.8 Å². The fourth-order valence-corrected chi connectivity index (χ4v) is 3.67. The maximum atomic E-state index is 12.6. The number of hydrogen-bond acceptors (Lipinski definition) is 5. The van der Waals surface area contributed by atoms with Crippen molar-refractivity contribution in [1.82, 2.24) is 4.90 Å². The number of benzene rings is 2. The average molecular weight is 419 g/mol. The summed E-state index contributed by atoms with van der Waals surface area (Å²) in [6.45, 7) is -0.700. The highest BCUT2D eigenvalue weighted by Crippen LogP contribution is 2.35. The number of carbonyl (C=O) groups is 2. The van der Waals surface area contributed by atoms with Gasteiger partial charge in [0.05, 0.1) is 11.5 Å². The van der Waals surface area contributed by atoms with E-state index in [1.807, 2.05) is 30.3 Å². The Morgan fingerprint density at radius 1 is 1.10 bits per heavy atom. The number of rotatable bonds is 8. The van der Waals surface area contributed by atoms with Crippen molar-refractivity contribution in [2.24, 2.45) is 0 Å². The third-order valence-electron chi connectivity index (χ3n) is 4.12. The maximum Gasteiger partial charge on any atom is 0.387 e.